The summed E-state index contributed by atoms with van der Waals surface area (Å²) in [5, 5.41) is 13.5. The molecule has 2 saturated heterocycles. The Morgan fingerprint density at radius 2 is 1.90 bits per heavy atom. The number of hydrogen-bond acceptors (Lipinski definition) is 4. The monoisotopic (exact) mass is 422 g/mol. The average molecular weight is 423 g/mol. The van der Waals surface area contributed by atoms with Crippen molar-refractivity contribution in [1.82, 2.24) is 9.80 Å². The smallest absolute Gasteiger partial charge is 0.255 e. The number of likely N-dealkylation sites (tertiary alicyclic amines) is 2. The molecule has 2 unspecified atom stereocenters. The van der Waals surface area contributed by atoms with Gasteiger partial charge in [-0.1, -0.05) is 29.8 Å². The van der Waals surface area contributed by atoms with Crippen LogP contribution in [0, 0.1) is 30.1 Å². The van der Waals surface area contributed by atoms with Crippen LogP contribution >= 0.6 is 11.6 Å². The van der Waals surface area contributed by atoms with Gasteiger partial charge in [0.05, 0.1) is 17.2 Å². The van der Waals surface area contributed by atoms with Crippen LogP contribution in [-0.4, -0.2) is 55.0 Å². The molecule has 0 bridgehead atoms. The highest BCUT2D eigenvalue weighted by Gasteiger charge is 2.41. The van der Waals surface area contributed by atoms with E-state index in [0.717, 1.165) is 62.0 Å². The molecule has 2 aliphatic heterocycles. The van der Waals surface area contributed by atoms with Crippen LogP contribution in [-0.2, 0) is 0 Å². The van der Waals surface area contributed by atoms with Crippen molar-refractivity contribution in [3.05, 3.63) is 64.2 Å². The largest absolute Gasteiger partial charge is 0.385 e. The molecular weight excluding hydrogens is 396 g/mol. The van der Waals surface area contributed by atoms with Gasteiger partial charge in [-0.25, -0.2) is 0 Å². The molecule has 0 aliphatic carbocycles. The summed E-state index contributed by atoms with van der Waals surface area (Å²) in [5.74, 6) is 1.06. The number of fused-ring (bicyclic) bond motifs is 1. The van der Waals surface area contributed by atoms with E-state index in [-0.39, 0.29) is 5.91 Å². The molecule has 2 aromatic carbocycles. The van der Waals surface area contributed by atoms with Crippen molar-refractivity contribution < 1.29 is 4.79 Å². The molecule has 0 saturated carbocycles. The van der Waals surface area contributed by atoms with Gasteiger partial charge in [-0.15, -0.1) is 0 Å². The first-order valence-corrected chi connectivity index (χ1v) is 10.9. The number of aryl methyl sites for hydroxylation is 1. The molecule has 0 aromatic heterocycles. The number of benzene rings is 2. The number of nitrogens with zero attached hydrogens (tertiary/aromatic N) is 3. The Kier molecular flexibility index (Phi) is 6.26. The van der Waals surface area contributed by atoms with Gasteiger partial charge in [0.2, 0.25) is 0 Å². The lowest BCUT2D eigenvalue weighted by Gasteiger charge is -2.22. The molecule has 156 valence electrons. The Labute approximate surface area is 183 Å². The molecule has 1 N–H and O–H groups in total. The minimum absolute atomic E-state index is 0.00550. The van der Waals surface area contributed by atoms with Gasteiger partial charge in [-0.2, -0.15) is 5.26 Å². The van der Waals surface area contributed by atoms with Gasteiger partial charge in [-0.05, 0) is 61.6 Å². The number of amides is 1. The predicted octanol–water partition coefficient (Wildman–Crippen LogP) is 4.03. The molecule has 2 aromatic rings. The molecule has 6 heteroatoms. The highest BCUT2D eigenvalue weighted by Crippen LogP contribution is 2.32. The maximum atomic E-state index is 12.9. The first kappa shape index (κ1) is 20.7. The van der Waals surface area contributed by atoms with Gasteiger partial charge in [-0.3, -0.25) is 4.79 Å². The third-order valence-electron chi connectivity index (χ3n) is 6.28. The second kappa shape index (κ2) is 9.07. The van der Waals surface area contributed by atoms with Crippen LogP contribution in [0.5, 0.6) is 0 Å². The van der Waals surface area contributed by atoms with Gasteiger partial charge in [0, 0.05) is 43.4 Å². The van der Waals surface area contributed by atoms with E-state index in [4.69, 9.17) is 11.6 Å². The lowest BCUT2D eigenvalue weighted by atomic mass is 10.0. The lowest BCUT2D eigenvalue weighted by Crippen LogP contribution is -2.34. The maximum Gasteiger partial charge on any atom is 0.255 e. The van der Waals surface area contributed by atoms with Crippen molar-refractivity contribution in [3.63, 3.8) is 0 Å². The molecule has 2 atom stereocenters. The minimum atomic E-state index is -0.00550. The fourth-order valence-electron chi connectivity index (χ4n) is 4.61. The van der Waals surface area contributed by atoms with Crippen LogP contribution in [0.15, 0.2) is 42.5 Å². The summed E-state index contributed by atoms with van der Waals surface area (Å²) < 4.78 is 0. The summed E-state index contributed by atoms with van der Waals surface area (Å²) in [6, 6.07) is 15.3. The van der Waals surface area contributed by atoms with Crippen LogP contribution in [0.1, 0.15) is 27.9 Å². The molecule has 2 heterocycles. The zero-order valence-corrected chi connectivity index (χ0v) is 18.0. The summed E-state index contributed by atoms with van der Waals surface area (Å²) in [6.07, 6.45) is 1.07. The SMILES string of the molecule is Cc1ccc(NCCCN2CC3CN(C(=O)c4ccccc4C#N)CC3C2)cc1Cl. The predicted molar refractivity (Wildman–Crippen MR) is 120 cm³/mol. The van der Waals surface area contributed by atoms with Gasteiger partial charge in [0.1, 0.15) is 0 Å². The van der Waals surface area contributed by atoms with E-state index in [1.807, 2.05) is 30.0 Å². The topological polar surface area (TPSA) is 59.4 Å². The van der Waals surface area contributed by atoms with E-state index < -0.39 is 0 Å². The molecular formula is C24H27ClN4O. The third kappa shape index (κ3) is 4.45. The van der Waals surface area contributed by atoms with Crippen molar-refractivity contribution in [2.45, 2.75) is 13.3 Å². The van der Waals surface area contributed by atoms with Crippen LogP contribution < -0.4 is 5.32 Å². The van der Waals surface area contributed by atoms with Gasteiger partial charge in [0.25, 0.3) is 5.91 Å². The second-order valence-electron chi connectivity index (χ2n) is 8.39. The van der Waals surface area contributed by atoms with E-state index in [1.54, 1.807) is 18.2 Å². The van der Waals surface area contributed by atoms with Crippen LogP contribution in [0.3, 0.4) is 0 Å². The normalized spacial score (nSPS) is 20.8. The lowest BCUT2D eigenvalue weighted by molar-refractivity contribution is 0.0774. The fraction of sp³-hybridized carbons (Fsp3) is 0.417. The van der Waals surface area contributed by atoms with Crippen molar-refractivity contribution in [2.75, 3.05) is 44.6 Å². The number of anilines is 1. The van der Waals surface area contributed by atoms with Gasteiger partial charge < -0.3 is 15.1 Å². The van der Waals surface area contributed by atoms with Gasteiger partial charge >= 0.3 is 0 Å². The summed E-state index contributed by atoms with van der Waals surface area (Å²) >= 11 is 6.18. The quantitative estimate of drug-likeness (QED) is 0.714. The molecule has 2 fully saturated rings. The number of halogens is 1. The summed E-state index contributed by atoms with van der Waals surface area (Å²) in [6.45, 7) is 7.66. The highest BCUT2D eigenvalue weighted by molar-refractivity contribution is 6.31. The minimum Gasteiger partial charge on any atom is -0.385 e. The van der Waals surface area contributed by atoms with Gasteiger partial charge in [0.15, 0.2) is 0 Å². The summed E-state index contributed by atoms with van der Waals surface area (Å²) in [5.41, 5.74) is 3.15. The van der Waals surface area contributed by atoms with Crippen LogP contribution in [0.2, 0.25) is 5.02 Å². The Balaban J connectivity index is 1.22. The van der Waals surface area contributed by atoms with Crippen LogP contribution in [0.4, 0.5) is 5.69 Å². The second-order valence-corrected chi connectivity index (χ2v) is 8.80. The van der Waals surface area contributed by atoms with E-state index in [2.05, 4.69) is 22.4 Å². The van der Waals surface area contributed by atoms with E-state index in [9.17, 15) is 10.1 Å². The zero-order chi connectivity index (χ0) is 21.1. The first-order valence-electron chi connectivity index (χ1n) is 10.6. The molecule has 0 radical (unpaired) electrons. The number of nitriles is 1. The average Bonchev–Trinajstić information content (AvgIpc) is 3.32. The number of carbonyl (C=O) groups is 1. The molecule has 0 spiro atoms. The molecule has 5 nitrogen and oxygen atoms in total. The summed E-state index contributed by atoms with van der Waals surface area (Å²) in [7, 11) is 0. The number of hydrogen-bond donors (Lipinski definition) is 1. The third-order valence-corrected chi connectivity index (χ3v) is 6.69. The van der Waals surface area contributed by atoms with E-state index >= 15 is 0 Å². The van der Waals surface area contributed by atoms with E-state index in [0.29, 0.717) is 23.0 Å². The Morgan fingerprint density at radius 3 is 2.60 bits per heavy atom. The standard InChI is InChI=1S/C24H27ClN4O/c1-17-7-8-21(11-23(17)25)27-9-4-10-28-13-19-15-29(16-20(19)14-28)24(30)22-6-3-2-5-18(22)12-26/h2-3,5-8,11,19-20,27H,4,9-10,13-16H2,1H3. The molecule has 2 aliphatic rings. The van der Waals surface area contributed by atoms with Crippen LogP contribution in [0.25, 0.3) is 0 Å². The van der Waals surface area contributed by atoms with Crippen molar-refractivity contribution in [1.29, 1.82) is 5.26 Å². The Bertz CT molecular complexity index is 956. The Morgan fingerprint density at radius 1 is 1.17 bits per heavy atom. The number of carbonyl (C=O) groups excluding carboxylic acids is 1. The maximum absolute atomic E-state index is 12.9. The number of nitrogens with one attached hydrogen (secondary N) is 1. The first-order chi connectivity index (χ1) is 14.5. The Hall–Kier alpha value is -2.55. The molecule has 30 heavy (non-hydrogen) atoms. The summed E-state index contributed by atoms with van der Waals surface area (Å²) in [4.78, 5) is 17.3. The highest BCUT2D eigenvalue weighted by atomic mass is 35.5. The fourth-order valence-corrected chi connectivity index (χ4v) is 4.79. The molecule has 4 rings (SSSR count). The number of rotatable bonds is 6. The van der Waals surface area contributed by atoms with Crippen molar-refractivity contribution in [2.24, 2.45) is 11.8 Å². The van der Waals surface area contributed by atoms with E-state index in [1.165, 1.54) is 0 Å². The van der Waals surface area contributed by atoms with Crippen molar-refractivity contribution >= 4 is 23.2 Å². The van der Waals surface area contributed by atoms with Crippen molar-refractivity contribution in [3.8, 4) is 6.07 Å². The zero-order valence-electron chi connectivity index (χ0n) is 17.3. The molecule has 1 amide bonds.